The predicted octanol–water partition coefficient (Wildman–Crippen LogP) is 5.21. The summed E-state index contributed by atoms with van der Waals surface area (Å²) in [4.78, 5) is 28.0. The topological polar surface area (TPSA) is 57.6 Å². The molecule has 0 aromatic heterocycles. The molecule has 1 amide bonds. The maximum Gasteiger partial charge on any atom is 0.229 e. The van der Waals surface area contributed by atoms with Crippen molar-refractivity contribution in [3.63, 3.8) is 0 Å². The van der Waals surface area contributed by atoms with Crippen LogP contribution in [0.15, 0.2) is 78.9 Å². The Kier molecular flexibility index (Phi) is 7.60. The molecule has 0 radical (unpaired) electrons. The van der Waals surface area contributed by atoms with Crippen molar-refractivity contribution in [1.29, 1.82) is 0 Å². The first-order valence-electron chi connectivity index (χ1n) is 10.8. The maximum absolute atomic E-state index is 13.3. The van der Waals surface area contributed by atoms with E-state index >= 15 is 0 Å². The summed E-state index contributed by atoms with van der Waals surface area (Å²) in [6.45, 7) is 5.26. The van der Waals surface area contributed by atoms with Crippen molar-refractivity contribution in [2.75, 3.05) is 13.1 Å². The SMILES string of the molecule is CCCN(CCc1ccc(O)cc1)C(=O)[C@@H](C)c1cccc(C(=O)c2ccccc2)c1. The molecular formula is C27H29NO3. The zero-order chi connectivity index (χ0) is 22.2. The summed E-state index contributed by atoms with van der Waals surface area (Å²) in [5, 5.41) is 9.45. The van der Waals surface area contributed by atoms with E-state index in [0.717, 1.165) is 24.0 Å². The van der Waals surface area contributed by atoms with Gasteiger partial charge in [-0.25, -0.2) is 0 Å². The zero-order valence-corrected chi connectivity index (χ0v) is 18.1. The number of hydrogen-bond acceptors (Lipinski definition) is 3. The highest BCUT2D eigenvalue weighted by Gasteiger charge is 2.22. The van der Waals surface area contributed by atoms with Crippen LogP contribution in [0.5, 0.6) is 5.75 Å². The molecule has 3 aromatic carbocycles. The maximum atomic E-state index is 13.3. The van der Waals surface area contributed by atoms with Crippen molar-refractivity contribution in [2.24, 2.45) is 0 Å². The minimum absolute atomic E-state index is 0.0418. The third-order valence-corrected chi connectivity index (χ3v) is 5.47. The number of phenols is 1. The first kappa shape index (κ1) is 22.3. The second kappa shape index (κ2) is 10.6. The van der Waals surface area contributed by atoms with Gasteiger partial charge in [0.2, 0.25) is 5.91 Å². The van der Waals surface area contributed by atoms with Crippen molar-refractivity contribution in [3.05, 3.63) is 101 Å². The van der Waals surface area contributed by atoms with E-state index in [4.69, 9.17) is 0 Å². The monoisotopic (exact) mass is 415 g/mol. The molecule has 160 valence electrons. The van der Waals surface area contributed by atoms with Gasteiger partial charge in [-0.3, -0.25) is 9.59 Å². The molecule has 0 unspecified atom stereocenters. The highest BCUT2D eigenvalue weighted by Crippen LogP contribution is 2.22. The molecule has 0 saturated carbocycles. The Morgan fingerprint density at radius 2 is 1.55 bits per heavy atom. The number of carbonyl (C=O) groups excluding carboxylic acids is 2. The summed E-state index contributed by atoms with van der Waals surface area (Å²) < 4.78 is 0. The summed E-state index contributed by atoms with van der Waals surface area (Å²) >= 11 is 0. The van der Waals surface area contributed by atoms with Crippen LogP contribution in [0.4, 0.5) is 0 Å². The third-order valence-electron chi connectivity index (χ3n) is 5.47. The summed E-state index contributed by atoms with van der Waals surface area (Å²) in [6, 6.07) is 23.7. The van der Waals surface area contributed by atoms with Crippen molar-refractivity contribution in [3.8, 4) is 5.75 Å². The Morgan fingerprint density at radius 3 is 2.23 bits per heavy atom. The van der Waals surface area contributed by atoms with Gasteiger partial charge in [-0.2, -0.15) is 0 Å². The van der Waals surface area contributed by atoms with Crippen LogP contribution in [0.3, 0.4) is 0 Å². The van der Waals surface area contributed by atoms with Gasteiger partial charge >= 0.3 is 0 Å². The molecule has 1 atom stereocenters. The highest BCUT2D eigenvalue weighted by atomic mass is 16.3. The van der Waals surface area contributed by atoms with E-state index in [9.17, 15) is 14.7 Å². The van der Waals surface area contributed by atoms with E-state index in [0.29, 0.717) is 24.2 Å². The molecule has 4 nitrogen and oxygen atoms in total. The second-order valence-corrected chi connectivity index (χ2v) is 7.78. The Labute approximate surface area is 184 Å². The van der Waals surface area contributed by atoms with Crippen LogP contribution in [0.2, 0.25) is 0 Å². The molecule has 0 spiro atoms. The molecule has 0 aliphatic carbocycles. The lowest BCUT2D eigenvalue weighted by Crippen LogP contribution is -2.36. The van der Waals surface area contributed by atoms with Gasteiger partial charge in [-0.15, -0.1) is 0 Å². The summed E-state index contributed by atoms with van der Waals surface area (Å²) in [5.74, 6) is -0.0801. The molecule has 31 heavy (non-hydrogen) atoms. The molecular weight excluding hydrogens is 386 g/mol. The average molecular weight is 416 g/mol. The lowest BCUT2D eigenvalue weighted by atomic mass is 9.94. The molecule has 0 bridgehead atoms. The van der Waals surface area contributed by atoms with Gasteiger partial charge < -0.3 is 10.0 Å². The Hall–Kier alpha value is -3.40. The van der Waals surface area contributed by atoms with Crippen LogP contribution in [0.1, 0.15) is 53.2 Å². The normalized spacial score (nSPS) is 11.7. The van der Waals surface area contributed by atoms with Gasteiger partial charge in [-0.05, 0) is 49.1 Å². The van der Waals surface area contributed by atoms with E-state index in [1.165, 1.54) is 0 Å². The van der Waals surface area contributed by atoms with Crippen LogP contribution in [0, 0.1) is 0 Å². The number of nitrogens with zero attached hydrogens (tertiary/aromatic N) is 1. The van der Waals surface area contributed by atoms with Gasteiger partial charge in [0.15, 0.2) is 5.78 Å². The standard InChI is InChI=1S/C27H29NO3/c1-3-17-28(18-16-21-12-14-25(29)15-13-21)27(31)20(2)23-10-7-11-24(19-23)26(30)22-8-5-4-6-9-22/h4-15,19-20,29H,3,16-18H2,1-2H3/t20-/m0/s1. The predicted molar refractivity (Wildman–Crippen MR) is 123 cm³/mol. The molecule has 3 aromatic rings. The summed E-state index contributed by atoms with van der Waals surface area (Å²) in [5.41, 5.74) is 3.15. The van der Waals surface area contributed by atoms with Crippen LogP contribution < -0.4 is 0 Å². The fourth-order valence-electron chi connectivity index (χ4n) is 3.65. The van der Waals surface area contributed by atoms with Gasteiger partial charge in [0.25, 0.3) is 0 Å². The molecule has 0 saturated heterocycles. The third kappa shape index (κ3) is 5.82. The van der Waals surface area contributed by atoms with Gasteiger partial charge in [0.1, 0.15) is 5.75 Å². The molecule has 3 rings (SSSR count). The summed E-state index contributed by atoms with van der Waals surface area (Å²) in [6.07, 6.45) is 1.60. The quantitative estimate of drug-likeness (QED) is 0.488. The minimum atomic E-state index is -0.338. The number of carbonyl (C=O) groups is 2. The van der Waals surface area contributed by atoms with E-state index in [1.54, 1.807) is 30.3 Å². The van der Waals surface area contributed by atoms with Crippen LogP contribution >= 0.6 is 0 Å². The lowest BCUT2D eigenvalue weighted by molar-refractivity contribution is -0.132. The fraction of sp³-hybridized carbons (Fsp3) is 0.259. The highest BCUT2D eigenvalue weighted by molar-refractivity contribution is 6.09. The number of benzene rings is 3. The average Bonchev–Trinajstić information content (AvgIpc) is 2.82. The molecule has 0 fully saturated rings. The lowest BCUT2D eigenvalue weighted by Gasteiger charge is -2.26. The number of amides is 1. The Balaban J connectivity index is 1.73. The fourth-order valence-corrected chi connectivity index (χ4v) is 3.65. The summed E-state index contributed by atoms with van der Waals surface area (Å²) in [7, 11) is 0. The molecule has 1 N–H and O–H groups in total. The van der Waals surface area contributed by atoms with Crippen molar-refractivity contribution >= 4 is 11.7 Å². The Bertz CT molecular complexity index is 1010. The van der Waals surface area contributed by atoms with Gasteiger partial charge in [-0.1, -0.05) is 67.6 Å². The first-order chi connectivity index (χ1) is 15.0. The van der Waals surface area contributed by atoms with E-state index in [-0.39, 0.29) is 23.4 Å². The molecule has 4 heteroatoms. The van der Waals surface area contributed by atoms with Crippen LogP contribution in [-0.2, 0) is 11.2 Å². The Morgan fingerprint density at radius 1 is 0.871 bits per heavy atom. The second-order valence-electron chi connectivity index (χ2n) is 7.78. The van der Waals surface area contributed by atoms with Crippen LogP contribution in [-0.4, -0.2) is 34.8 Å². The number of ketones is 1. The number of rotatable bonds is 9. The van der Waals surface area contributed by atoms with Crippen molar-refractivity contribution in [2.45, 2.75) is 32.6 Å². The smallest absolute Gasteiger partial charge is 0.229 e. The minimum Gasteiger partial charge on any atom is -0.508 e. The van der Waals surface area contributed by atoms with Gasteiger partial charge in [0.05, 0.1) is 5.92 Å². The van der Waals surface area contributed by atoms with Gasteiger partial charge in [0, 0.05) is 24.2 Å². The molecule has 0 aliphatic heterocycles. The van der Waals surface area contributed by atoms with E-state index in [2.05, 4.69) is 6.92 Å². The van der Waals surface area contributed by atoms with Crippen molar-refractivity contribution in [1.82, 2.24) is 4.90 Å². The van der Waals surface area contributed by atoms with Crippen LogP contribution in [0.25, 0.3) is 0 Å². The molecule has 0 heterocycles. The van der Waals surface area contributed by atoms with E-state index in [1.807, 2.05) is 60.4 Å². The first-order valence-corrected chi connectivity index (χ1v) is 10.8. The largest absolute Gasteiger partial charge is 0.508 e. The van der Waals surface area contributed by atoms with E-state index < -0.39 is 0 Å². The zero-order valence-electron chi connectivity index (χ0n) is 18.1. The molecule has 0 aliphatic rings. The van der Waals surface area contributed by atoms with Crippen molar-refractivity contribution < 1.29 is 14.7 Å². The number of phenolic OH excluding ortho intramolecular Hbond substituents is 1. The number of hydrogen-bond donors (Lipinski definition) is 1. The number of aromatic hydroxyl groups is 1.